The minimum Gasteiger partial charge on any atom is -0.464 e. The third-order valence-corrected chi connectivity index (χ3v) is 16.2. The van der Waals surface area contributed by atoms with Gasteiger partial charge in [0.05, 0.1) is 42.1 Å². The smallest absolute Gasteiger partial charge is 0.319 e. The molecule has 1 unspecified atom stereocenters. The van der Waals surface area contributed by atoms with Crippen LogP contribution < -0.4 is 31.9 Å². The highest BCUT2D eigenvalue weighted by Gasteiger charge is 2.28. The van der Waals surface area contributed by atoms with Crippen molar-refractivity contribution >= 4 is 129 Å². The summed E-state index contributed by atoms with van der Waals surface area (Å²) in [6, 6.07) is 46.0. The van der Waals surface area contributed by atoms with E-state index in [1.54, 1.807) is 0 Å². The van der Waals surface area contributed by atoms with E-state index in [1.165, 1.54) is 32.6 Å². The van der Waals surface area contributed by atoms with E-state index in [9.17, 15) is 28.8 Å². The van der Waals surface area contributed by atoms with Gasteiger partial charge < -0.3 is 55.2 Å². The molecule has 8 aromatic carbocycles. The predicted octanol–water partition coefficient (Wildman–Crippen LogP) is 15.1. The second kappa shape index (κ2) is 28.7. The Bertz CT molecular complexity index is 4090. The van der Waals surface area contributed by atoms with Gasteiger partial charge in [-0.2, -0.15) is 0 Å². The van der Waals surface area contributed by atoms with Gasteiger partial charge in [-0.15, -0.1) is 0 Å². The Morgan fingerprint density at radius 2 is 0.851 bits per heavy atom. The number of hydrogen-bond acceptors (Lipinski definition) is 9. The Balaban J connectivity index is 0.000000169. The van der Waals surface area contributed by atoms with Gasteiger partial charge in [-0.3, -0.25) is 14.4 Å². The van der Waals surface area contributed by atoms with Gasteiger partial charge in [0.15, 0.2) is 0 Å². The second-order valence-electron chi connectivity index (χ2n) is 22.8. The van der Waals surface area contributed by atoms with Crippen molar-refractivity contribution < 1.29 is 43.0 Å². The first-order valence-corrected chi connectivity index (χ1v) is 30.2. The molecule has 0 saturated carbocycles. The summed E-state index contributed by atoms with van der Waals surface area (Å²) in [5.41, 5.74) is 5.84. The molecule has 17 heteroatoms. The van der Waals surface area contributed by atoms with Crippen LogP contribution in [0.5, 0.6) is 0 Å². The van der Waals surface area contributed by atoms with Gasteiger partial charge in [-0.1, -0.05) is 113 Å². The van der Waals surface area contributed by atoms with E-state index in [1.807, 2.05) is 140 Å². The van der Waals surface area contributed by atoms with Crippen LogP contribution >= 0.6 is 0 Å². The number of fused-ring (bicyclic) bond motifs is 6. The number of aromatic nitrogens is 2. The molecule has 10 aromatic rings. The number of para-hydroxylation sites is 2. The van der Waals surface area contributed by atoms with Crippen LogP contribution in [0.1, 0.15) is 88.5 Å². The van der Waals surface area contributed by atoms with Crippen molar-refractivity contribution in [1.29, 1.82) is 0 Å². The number of hydrogen-bond donors (Lipinski definition) is 6. The number of urea groups is 3. The van der Waals surface area contributed by atoms with Crippen LogP contribution in [-0.4, -0.2) is 84.6 Å². The summed E-state index contributed by atoms with van der Waals surface area (Å²) in [6.07, 6.45) is 2.15. The van der Waals surface area contributed by atoms with Crippen LogP contribution in [0.25, 0.3) is 75.9 Å². The Morgan fingerprint density at radius 1 is 0.437 bits per heavy atom. The van der Waals surface area contributed by atoms with Crippen molar-refractivity contribution in [3.05, 3.63) is 140 Å². The fourth-order valence-corrected chi connectivity index (χ4v) is 10.2. The van der Waals surface area contributed by atoms with E-state index in [0.717, 1.165) is 79.9 Å². The van der Waals surface area contributed by atoms with Crippen molar-refractivity contribution in [2.75, 3.05) is 55.4 Å². The third-order valence-electron chi connectivity index (χ3n) is 16.2. The molecule has 6 amide bonds. The minimum absolute atomic E-state index is 0.120. The second-order valence-corrected chi connectivity index (χ2v) is 22.8. The third kappa shape index (κ3) is 15.0. The lowest BCUT2D eigenvalue weighted by Gasteiger charge is -2.20. The maximum Gasteiger partial charge on any atom is 0.319 e. The lowest BCUT2D eigenvalue weighted by Crippen LogP contribution is -2.34. The summed E-state index contributed by atoms with van der Waals surface area (Å²) < 4.78 is 20.2. The van der Waals surface area contributed by atoms with Crippen LogP contribution in [0.3, 0.4) is 0 Å². The van der Waals surface area contributed by atoms with E-state index in [0.29, 0.717) is 12.8 Å². The van der Waals surface area contributed by atoms with Gasteiger partial charge in [0.1, 0.15) is 19.8 Å². The van der Waals surface area contributed by atoms with Crippen LogP contribution in [0.4, 0.5) is 31.4 Å². The molecule has 17 nitrogen and oxygen atoms in total. The highest BCUT2D eigenvalue weighted by molar-refractivity contribution is 6.26. The number of nitrogens with one attached hydrogen (secondary N) is 6. The minimum atomic E-state index is -0.512. The number of benzene rings is 8. The number of amides is 6. The molecular formula is C70H82N8O9. The van der Waals surface area contributed by atoms with Crippen molar-refractivity contribution in [2.45, 2.75) is 102 Å². The zero-order chi connectivity index (χ0) is 62.4. The first-order chi connectivity index (χ1) is 41.8. The number of anilines is 3. The Morgan fingerprint density at radius 3 is 1.32 bits per heavy atom. The molecule has 0 saturated heterocycles. The number of esters is 3. The topological polar surface area (TPSA) is 212 Å². The molecule has 6 N–H and O–H groups in total. The van der Waals surface area contributed by atoms with E-state index in [-0.39, 0.29) is 81.4 Å². The van der Waals surface area contributed by atoms with Crippen LogP contribution in [0.15, 0.2) is 140 Å². The molecule has 87 heavy (non-hydrogen) atoms. The van der Waals surface area contributed by atoms with E-state index < -0.39 is 10.8 Å². The average molecular weight is 1180 g/mol. The Kier molecular flexibility index (Phi) is 21.0. The molecule has 0 fully saturated rings. The lowest BCUT2D eigenvalue weighted by atomic mass is 9.91. The van der Waals surface area contributed by atoms with Crippen molar-refractivity contribution in [2.24, 2.45) is 16.7 Å². The number of aryl methyl sites for hydroxylation is 2. The standard InChI is InChI=1S/C25H26N2O3.C23H29N3O3.C22H27N3O3/c1-4-25(2,3)23(28)30-14-13-26-24(29)27-20-15-18-9-5-7-16-11-12-17-8-6-10-19(20)22(17)21(16)18;1-5-23(3,4)21(27)29-14-13-24-22(28)25-16-11-12-20-18(15-16)17-9-7-8-10-19(17)26(20)6-2;1-4-15(3)21(26)28-13-12-23-22(27)24-16-10-11-20-18(14-16)17-8-6-7-9-19(17)25(20)5-2/h5-12,15H,4,13-14H2,1-3H3,(H2,26,27,29);7-12,15H,5-6,13-14H2,1-4H3,(H2,24,25,28);6-11,14-15H,4-5,12-13H2,1-3H3,(H2,23,24,27). The zero-order valence-corrected chi connectivity index (χ0v) is 51.7. The molecule has 1 atom stereocenters. The number of carbonyl (C=O) groups excluding carboxylic acids is 6. The fraction of sp³-hybridized carbons (Fsp3) is 0.343. The number of nitrogens with zero attached hydrogens (tertiary/aromatic N) is 2. The molecule has 456 valence electrons. The molecule has 2 aromatic heterocycles. The quantitative estimate of drug-likeness (QED) is 0.0185. The molecule has 0 aliphatic rings. The normalized spacial score (nSPS) is 11.8. The Hall–Kier alpha value is -9.38. The highest BCUT2D eigenvalue weighted by atomic mass is 16.5. The van der Waals surface area contributed by atoms with Crippen molar-refractivity contribution in [1.82, 2.24) is 25.1 Å². The number of ether oxygens (including phenoxy) is 3. The average Bonchev–Trinajstić information content (AvgIpc) is 1.38. The molecule has 0 radical (unpaired) electrons. The first kappa shape index (κ1) is 63.6. The molecule has 0 aliphatic heterocycles. The fourth-order valence-electron chi connectivity index (χ4n) is 10.2. The number of carbonyl (C=O) groups is 6. The maximum absolute atomic E-state index is 12.5. The van der Waals surface area contributed by atoms with Gasteiger partial charge in [-0.05, 0) is 142 Å². The molecular weight excluding hydrogens is 1100 g/mol. The maximum atomic E-state index is 12.5. The summed E-state index contributed by atoms with van der Waals surface area (Å²) in [6.45, 7) is 22.3. The molecule has 2 heterocycles. The summed E-state index contributed by atoms with van der Waals surface area (Å²) in [4.78, 5) is 72.4. The first-order valence-electron chi connectivity index (χ1n) is 30.2. The van der Waals surface area contributed by atoms with Crippen LogP contribution in [-0.2, 0) is 41.7 Å². The van der Waals surface area contributed by atoms with Gasteiger partial charge >= 0.3 is 36.0 Å². The highest BCUT2D eigenvalue weighted by Crippen LogP contribution is 2.39. The summed E-state index contributed by atoms with van der Waals surface area (Å²) in [5, 5.41) is 28.2. The molecule has 0 aliphatic carbocycles. The van der Waals surface area contributed by atoms with Gasteiger partial charge in [0.25, 0.3) is 0 Å². The molecule has 10 rings (SSSR count). The SMILES string of the molecule is CCC(C)(C)C(=O)OCCNC(=O)Nc1cc2cccc3ccc4cccc1c4c32.CCC(C)C(=O)OCCNC(=O)Nc1ccc2c(c1)c1ccccc1n2CC.CCn1c2ccccc2c2cc(NC(=O)NCCOC(=O)C(C)(C)CC)ccc21. The zero-order valence-electron chi connectivity index (χ0n) is 51.7. The summed E-state index contributed by atoms with van der Waals surface area (Å²) in [5.74, 6) is -0.855. The molecule has 0 spiro atoms. The summed E-state index contributed by atoms with van der Waals surface area (Å²) >= 11 is 0. The van der Waals surface area contributed by atoms with E-state index >= 15 is 0 Å². The van der Waals surface area contributed by atoms with Gasteiger partial charge in [0.2, 0.25) is 0 Å². The number of rotatable bonds is 20. The summed E-state index contributed by atoms with van der Waals surface area (Å²) in [7, 11) is 0. The largest absolute Gasteiger partial charge is 0.464 e. The van der Waals surface area contributed by atoms with Gasteiger partial charge in [0, 0.05) is 73.5 Å². The van der Waals surface area contributed by atoms with Gasteiger partial charge in [-0.25, -0.2) is 14.4 Å². The van der Waals surface area contributed by atoms with E-state index in [2.05, 4.69) is 109 Å². The van der Waals surface area contributed by atoms with Crippen LogP contribution in [0.2, 0.25) is 0 Å². The predicted molar refractivity (Wildman–Crippen MR) is 352 cm³/mol. The lowest BCUT2D eigenvalue weighted by molar-refractivity contribution is -0.154. The van der Waals surface area contributed by atoms with E-state index in [4.69, 9.17) is 14.2 Å². The monoisotopic (exact) mass is 1180 g/mol. The Labute approximate surface area is 508 Å². The molecule has 0 bridgehead atoms. The van der Waals surface area contributed by atoms with Crippen molar-refractivity contribution in [3.63, 3.8) is 0 Å². The van der Waals surface area contributed by atoms with Crippen LogP contribution in [0, 0.1) is 16.7 Å². The van der Waals surface area contributed by atoms with Crippen molar-refractivity contribution in [3.8, 4) is 0 Å².